The summed E-state index contributed by atoms with van der Waals surface area (Å²) in [5.74, 6) is 0. The van der Waals surface area contributed by atoms with Crippen molar-refractivity contribution in [3.05, 3.63) is 35.4 Å². The summed E-state index contributed by atoms with van der Waals surface area (Å²) in [6.45, 7) is 8.62. The lowest BCUT2D eigenvalue weighted by atomic mass is 9.97. The molecule has 0 atom stereocenters. The molecule has 14 heavy (non-hydrogen) atoms. The molecule has 0 radical (unpaired) electrons. The van der Waals surface area contributed by atoms with Crippen LogP contribution in [0.15, 0.2) is 24.3 Å². The molecule has 0 nitrogen and oxygen atoms in total. The molecule has 0 saturated carbocycles. The second kappa shape index (κ2) is 3.97. The largest absolute Gasteiger partial charge is 0.0807 e. The van der Waals surface area contributed by atoms with Crippen molar-refractivity contribution in [1.82, 2.24) is 0 Å². The molecule has 0 aliphatic heterocycles. The Morgan fingerprint density at radius 2 is 0.929 bits per heavy atom. The fourth-order valence-corrected chi connectivity index (χ4v) is 1.79. The molecule has 0 fully saturated rings. The molecule has 2 heteroatoms. The van der Waals surface area contributed by atoms with Gasteiger partial charge in [-0.15, -0.1) is 0 Å². The first kappa shape index (κ1) is 12.3. The number of alkyl halides is 2. The molecule has 0 aliphatic rings. The maximum atomic E-state index is 3.65. The lowest BCUT2D eigenvalue weighted by molar-refractivity contribution is 0.783. The summed E-state index contributed by atoms with van der Waals surface area (Å²) in [5.41, 5.74) is 2.61. The number of halogens is 2. The summed E-state index contributed by atoms with van der Waals surface area (Å²) in [5, 5.41) is 0. The van der Waals surface area contributed by atoms with Crippen LogP contribution in [0, 0.1) is 0 Å². The molecule has 1 rings (SSSR count). The highest BCUT2D eigenvalue weighted by Gasteiger charge is 2.19. The zero-order chi connectivity index (χ0) is 11.0. The Labute approximate surface area is 103 Å². The Morgan fingerprint density at radius 1 is 0.714 bits per heavy atom. The van der Waals surface area contributed by atoms with Gasteiger partial charge in [0.05, 0.1) is 0 Å². The minimum Gasteiger partial charge on any atom is -0.0807 e. The van der Waals surface area contributed by atoms with E-state index in [0.717, 1.165) is 0 Å². The molecule has 1 aromatic rings. The van der Waals surface area contributed by atoms with Crippen molar-refractivity contribution in [3.63, 3.8) is 0 Å². The van der Waals surface area contributed by atoms with Crippen LogP contribution in [0.3, 0.4) is 0 Å². The molecule has 0 amide bonds. The Kier molecular flexibility index (Phi) is 3.48. The van der Waals surface area contributed by atoms with Gasteiger partial charge in [0.25, 0.3) is 0 Å². The van der Waals surface area contributed by atoms with E-state index in [1.165, 1.54) is 11.1 Å². The van der Waals surface area contributed by atoms with Crippen LogP contribution in [0.5, 0.6) is 0 Å². The quantitative estimate of drug-likeness (QED) is 0.677. The van der Waals surface area contributed by atoms with Gasteiger partial charge in [-0.2, -0.15) is 0 Å². The fourth-order valence-electron chi connectivity index (χ4n) is 1.26. The fraction of sp³-hybridized carbons (Fsp3) is 0.500. The molecule has 1 aromatic carbocycles. The lowest BCUT2D eigenvalue weighted by Gasteiger charge is -2.20. The van der Waals surface area contributed by atoms with Crippen LogP contribution >= 0.6 is 31.9 Å². The Balaban J connectivity index is 3.02. The molecule has 0 aromatic heterocycles. The summed E-state index contributed by atoms with van der Waals surface area (Å²) < 4.78 is 0.115. The highest BCUT2D eigenvalue weighted by molar-refractivity contribution is 9.09. The lowest BCUT2D eigenvalue weighted by Crippen LogP contribution is -2.09. The number of hydrogen-bond donors (Lipinski definition) is 0. The zero-order valence-corrected chi connectivity index (χ0v) is 12.2. The van der Waals surface area contributed by atoms with Crippen LogP contribution in [0.4, 0.5) is 0 Å². The van der Waals surface area contributed by atoms with Gasteiger partial charge in [0.1, 0.15) is 0 Å². The molecule has 0 saturated heterocycles. The molecular formula is C12H16Br2. The molecule has 0 spiro atoms. The van der Waals surface area contributed by atoms with Gasteiger partial charge in [-0.3, -0.25) is 0 Å². The first-order chi connectivity index (χ1) is 6.21. The van der Waals surface area contributed by atoms with E-state index in [-0.39, 0.29) is 8.65 Å². The van der Waals surface area contributed by atoms with Crippen LogP contribution in [-0.4, -0.2) is 0 Å². The van der Waals surface area contributed by atoms with E-state index in [1.54, 1.807) is 0 Å². The third-order valence-corrected chi connectivity index (χ3v) is 3.17. The van der Waals surface area contributed by atoms with Crippen LogP contribution in [-0.2, 0) is 8.65 Å². The molecule has 0 unspecified atom stereocenters. The maximum Gasteiger partial charge on any atom is 0.0449 e. The van der Waals surface area contributed by atoms with E-state index in [0.29, 0.717) is 0 Å². The number of hydrogen-bond acceptors (Lipinski definition) is 0. The maximum absolute atomic E-state index is 3.65. The minimum absolute atomic E-state index is 0.0575. The van der Waals surface area contributed by atoms with Gasteiger partial charge in [-0.25, -0.2) is 0 Å². The molecule has 0 aliphatic carbocycles. The second-order valence-electron chi connectivity index (χ2n) is 4.52. The standard InChI is InChI=1S/C12H16Br2/c1-11(2,13)9-5-7-10(8-6-9)12(3,4)14/h5-8H,1-4H3. The van der Waals surface area contributed by atoms with Crippen LogP contribution in [0.2, 0.25) is 0 Å². The average molecular weight is 320 g/mol. The van der Waals surface area contributed by atoms with Gasteiger partial charge in [-0.1, -0.05) is 56.1 Å². The number of rotatable bonds is 2. The van der Waals surface area contributed by atoms with Crippen LogP contribution < -0.4 is 0 Å². The third kappa shape index (κ3) is 3.09. The first-order valence-corrected chi connectivity index (χ1v) is 6.29. The van der Waals surface area contributed by atoms with E-state index in [4.69, 9.17) is 0 Å². The van der Waals surface area contributed by atoms with Crippen LogP contribution in [0.25, 0.3) is 0 Å². The van der Waals surface area contributed by atoms with Crippen molar-refractivity contribution in [1.29, 1.82) is 0 Å². The molecule has 0 bridgehead atoms. The summed E-state index contributed by atoms with van der Waals surface area (Å²) in [6, 6.07) is 8.69. The Hall–Kier alpha value is 0.180. The highest BCUT2D eigenvalue weighted by atomic mass is 79.9. The number of benzene rings is 1. The molecule has 0 heterocycles. The topological polar surface area (TPSA) is 0 Å². The van der Waals surface area contributed by atoms with Crippen molar-refractivity contribution in [2.24, 2.45) is 0 Å². The molecule has 78 valence electrons. The van der Waals surface area contributed by atoms with Gasteiger partial charge in [0, 0.05) is 8.65 Å². The summed E-state index contributed by atoms with van der Waals surface area (Å²) >= 11 is 7.30. The smallest absolute Gasteiger partial charge is 0.0449 e. The van der Waals surface area contributed by atoms with Gasteiger partial charge in [-0.05, 0) is 38.8 Å². The van der Waals surface area contributed by atoms with E-state index in [9.17, 15) is 0 Å². The Morgan fingerprint density at radius 3 is 1.07 bits per heavy atom. The third-order valence-electron chi connectivity index (χ3n) is 2.26. The monoisotopic (exact) mass is 318 g/mol. The minimum atomic E-state index is 0.0575. The van der Waals surface area contributed by atoms with Crippen LogP contribution in [0.1, 0.15) is 38.8 Å². The van der Waals surface area contributed by atoms with Gasteiger partial charge in [0.15, 0.2) is 0 Å². The first-order valence-electron chi connectivity index (χ1n) is 4.70. The van der Waals surface area contributed by atoms with Crippen molar-refractivity contribution >= 4 is 31.9 Å². The average Bonchev–Trinajstić information content (AvgIpc) is 2.01. The van der Waals surface area contributed by atoms with Gasteiger partial charge in [0.2, 0.25) is 0 Å². The summed E-state index contributed by atoms with van der Waals surface area (Å²) in [7, 11) is 0. The van der Waals surface area contributed by atoms with Crippen molar-refractivity contribution in [3.8, 4) is 0 Å². The molecular weight excluding hydrogens is 304 g/mol. The zero-order valence-electron chi connectivity index (χ0n) is 9.07. The second-order valence-corrected chi connectivity index (χ2v) is 8.49. The predicted octanol–water partition coefficient (Wildman–Crippen LogP) is 4.95. The van der Waals surface area contributed by atoms with Gasteiger partial charge < -0.3 is 0 Å². The van der Waals surface area contributed by atoms with Gasteiger partial charge >= 0.3 is 0 Å². The van der Waals surface area contributed by atoms with Crippen molar-refractivity contribution in [2.75, 3.05) is 0 Å². The van der Waals surface area contributed by atoms with E-state index >= 15 is 0 Å². The van der Waals surface area contributed by atoms with E-state index < -0.39 is 0 Å². The normalized spacial score (nSPS) is 13.0. The Bertz CT molecular complexity index is 266. The summed E-state index contributed by atoms with van der Waals surface area (Å²) in [4.78, 5) is 0. The van der Waals surface area contributed by atoms with Crippen molar-refractivity contribution < 1.29 is 0 Å². The van der Waals surface area contributed by atoms with E-state index in [1.807, 2.05) is 0 Å². The van der Waals surface area contributed by atoms with Crippen molar-refractivity contribution in [2.45, 2.75) is 36.3 Å². The highest BCUT2D eigenvalue weighted by Crippen LogP contribution is 2.34. The summed E-state index contributed by atoms with van der Waals surface area (Å²) in [6.07, 6.45) is 0. The molecule has 0 N–H and O–H groups in total. The van der Waals surface area contributed by atoms with E-state index in [2.05, 4.69) is 83.8 Å². The SMILES string of the molecule is CC(C)(Br)c1ccc(C(C)(C)Br)cc1. The predicted molar refractivity (Wildman–Crippen MR) is 70.3 cm³/mol.